The lowest BCUT2D eigenvalue weighted by atomic mass is 10.1. The highest BCUT2D eigenvalue weighted by molar-refractivity contribution is 7.15. The second-order valence-corrected chi connectivity index (χ2v) is 7.57. The molecule has 0 saturated carbocycles. The van der Waals surface area contributed by atoms with Gasteiger partial charge < -0.3 is 4.74 Å². The molecule has 1 aromatic carbocycles. The Morgan fingerprint density at radius 1 is 1.16 bits per heavy atom. The summed E-state index contributed by atoms with van der Waals surface area (Å²) in [6.45, 7) is 3.45. The Hall–Kier alpha value is -1.79. The molecule has 1 saturated heterocycles. The molecule has 0 amide bonds. The summed E-state index contributed by atoms with van der Waals surface area (Å²) in [4.78, 5) is 12.3. The van der Waals surface area contributed by atoms with Crippen LogP contribution in [-0.4, -0.2) is 34.6 Å². The van der Waals surface area contributed by atoms with Gasteiger partial charge in [0.2, 0.25) is 0 Å². The molecule has 3 aromatic rings. The SMILES string of the molecule is Clc1ccc([C@H]2CN(Cc3cnc(-c4ccncc4)s3)CCO2)cc1. The molecule has 1 aliphatic heterocycles. The lowest BCUT2D eigenvalue weighted by Gasteiger charge is -2.32. The molecule has 2 aromatic heterocycles. The number of halogens is 1. The van der Waals surface area contributed by atoms with Gasteiger partial charge >= 0.3 is 0 Å². The van der Waals surface area contributed by atoms with Gasteiger partial charge in [0.1, 0.15) is 5.01 Å². The summed E-state index contributed by atoms with van der Waals surface area (Å²) >= 11 is 7.72. The number of morpholine rings is 1. The first-order chi connectivity index (χ1) is 12.3. The molecular formula is C19H18ClN3OS. The summed E-state index contributed by atoms with van der Waals surface area (Å²) in [7, 11) is 0. The molecule has 0 spiro atoms. The Labute approximate surface area is 156 Å². The zero-order valence-electron chi connectivity index (χ0n) is 13.6. The van der Waals surface area contributed by atoms with E-state index in [0.29, 0.717) is 0 Å². The summed E-state index contributed by atoms with van der Waals surface area (Å²) in [5.74, 6) is 0. The lowest BCUT2D eigenvalue weighted by Crippen LogP contribution is -2.37. The Kier molecular flexibility index (Phi) is 5.08. The molecule has 4 nitrogen and oxygen atoms in total. The van der Waals surface area contributed by atoms with E-state index in [9.17, 15) is 0 Å². The van der Waals surface area contributed by atoms with Gasteiger partial charge in [-0.05, 0) is 29.8 Å². The molecule has 128 valence electrons. The van der Waals surface area contributed by atoms with Gasteiger partial charge in [0, 0.05) is 53.7 Å². The Morgan fingerprint density at radius 2 is 1.96 bits per heavy atom. The van der Waals surface area contributed by atoms with Crippen molar-refractivity contribution >= 4 is 22.9 Å². The third kappa shape index (κ3) is 4.07. The molecule has 0 aliphatic carbocycles. The van der Waals surface area contributed by atoms with Crippen molar-refractivity contribution in [1.29, 1.82) is 0 Å². The highest BCUT2D eigenvalue weighted by atomic mass is 35.5. The van der Waals surface area contributed by atoms with Crippen LogP contribution in [0.15, 0.2) is 55.0 Å². The molecular weight excluding hydrogens is 354 g/mol. The van der Waals surface area contributed by atoms with Crippen molar-refractivity contribution in [2.24, 2.45) is 0 Å². The number of aromatic nitrogens is 2. The third-order valence-electron chi connectivity index (χ3n) is 4.25. The Morgan fingerprint density at radius 3 is 2.76 bits per heavy atom. The maximum atomic E-state index is 5.98. The van der Waals surface area contributed by atoms with Crippen LogP contribution >= 0.6 is 22.9 Å². The maximum Gasteiger partial charge on any atom is 0.123 e. The monoisotopic (exact) mass is 371 g/mol. The number of thiazole rings is 1. The van der Waals surface area contributed by atoms with E-state index in [1.165, 1.54) is 10.4 Å². The number of hydrogen-bond donors (Lipinski definition) is 0. The fourth-order valence-electron chi connectivity index (χ4n) is 2.95. The first-order valence-electron chi connectivity index (χ1n) is 8.22. The van der Waals surface area contributed by atoms with Crippen LogP contribution < -0.4 is 0 Å². The van der Waals surface area contributed by atoms with Crippen molar-refractivity contribution in [1.82, 2.24) is 14.9 Å². The fraction of sp³-hybridized carbons (Fsp3) is 0.263. The molecule has 4 rings (SSSR count). The van der Waals surface area contributed by atoms with Crippen molar-refractivity contribution in [2.75, 3.05) is 19.7 Å². The van der Waals surface area contributed by atoms with Gasteiger partial charge in [0.05, 0.1) is 12.7 Å². The van der Waals surface area contributed by atoms with Crippen molar-refractivity contribution in [2.45, 2.75) is 12.6 Å². The molecule has 25 heavy (non-hydrogen) atoms. The summed E-state index contributed by atoms with van der Waals surface area (Å²) in [5.41, 5.74) is 2.29. The average molecular weight is 372 g/mol. The minimum Gasteiger partial charge on any atom is -0.371 e. The van der Waals surface area contributed by atoms with Crippen LogP contribution in [-0.2, 0) is 11.3 Å². The molecule has 1 fully saturated rings. The van der Waals surface area contributed by atoms with Crippen LogP contribution in [0.2, 0.25) is 5.02 Å². The summed E-state index contributed by atoms with van der Waals surface area (Å²) < 4.78 is 5.94. The first kappa shape index (κ1) is 16.7. The average Bonchev–Trinajstić information content (AvgIpc) is 3.12. The highest BCUT2D eigenvalue weighted by Gasteiger charge is 2.22. The first-order valence-corrected chi connectivity index (χ1v) is 9.42. The van der Waals surface area contributed by atoms with Gasteiger partial charge in [-0.25, -0.2) is 4.98 Å². The number of benzene rings is 1. The second-order valence-electron chi connectivity index (χ2n) is 6.01. The maximum absolute atomic E-state index is 5.98. The predicted molar refractivity (Wildman–Crippen MR) is 101 cm³/mol. The number of ether oxygens (including phenoxy) is 1. The molecule has 1 atom stereocenters. The summed E-state index contributed by atoms with van der Waals surface area (Å²) in [6, 6.07) is 11.9. The van der Waals surface area contributed by atoms with Crippen molar-refractivity contribution < 1.29 is 4.74 Å². The van der Waals surface area contributed by atoms with E-state index in [1.807, 2.05) is 42.6 Å². The molecule has 6 heteroatoms. The van der Waals surface area contributed by atoms with Crippen LogP contribution in [0.25, 0.3) is 10.6 Å². The van der Waals surface area contributed by atoms with Gasteiger partial charge in [0.25, 0.3) is 0 Å². The largest absolute Gasteiger partial charge is 0.371 e. The van der Waals surface area contributed by atoms with E-state index in [2.05, 4.69) is 14.9 Å². The molecule has 1 aliphatic rings. The van der Waals surface area contributed by atoms with Crippen molar-refractivity contribution in [3.63, 3.8) is 0 Å². The van der Waals surface area contributed by atoms with Gasteiger partial charge in [-0.15, -0.1) is 11.3 Å². The number of hydrogen-bond acceptors (Lipinski definition) is 5. The molecule has 0 unspecified atom stereocenters. The number of pyridine rings is 1. The summed E-state index contributed by atoms with van der Waals surface area (Å²) in [5, 5.41) is 1.80. The number of rotatable bonds is 4. The third-order valence-corrected chi connectivity index (χ3v) is 5.54. The van der Waals surface area contributed by atoms with Crippen molar-refractivity contribution in [3.8, 4) is 10.6 Å². The van der Waals surface area contributed by atoms with Crippen molar-refractivity contribution in [3.05, 3.63) is 70.5 Å². The molecule has 0 bridgehead atoms. The topological polar surface area (TPSA) is 38.2 Å². The number of nitrogens with zero attached hydrogens (tertiary/aromatic N) is 3. The van der Waals surface area contributed by atoms with Crippen LogP contribution in [0.5, 0.6) is 0 Å². The van der Waals surface area contributed by atoms with E-state index >= 15 is 0 Å². The van der Waals surface area contributed by atoms with Gasteiger partial charge in [-0.3, -0.25) is 9.88 Å². The van der Waals surface area contributed by atoms with E-state index < -0.39 is 0 Å². The standard InChI is InChI=1S/C19H18ClN3OS/c20-16-3-1-14(2-4-16)18-13-23(9-10-24-18)12-17-11-22-19(25-17)15-5-7-21-8-6-15/h1-8,11,18H,9-10,12-13H2/t18-/m1/s1. The van der Waals surface area contributed by atoms with Crippen LogP contribution in [0.4, 0.5) is 0 Å². The van der Waals surface area contributed by atoms with E-state index in [-0.39, 0.29) is 6.10 Å². The van der Waals surface area contributed by atoms with Crippen LogP contribution in [0, 0.1) is 0 Å². The minimum absolute atomic E-state index is 0.0959. The van der Waals surface area contributed by atoms with E-state index in [4.69, 9.17) is 16.3 Å². The molecule has 0 N–H and O–H groups in total. The van der Waals surface area contributed by atoms with Crippen LogP contribution in [0.1, 0.15) is 16.5 Å². The quantitative estimate of drug-likeness (QED) is 0.680. The normalized spacial score (nSPS) is 18.4. The highest BCUT2D eigenvalue weighted by Crippen LogP contribution is 2.28. The zero-order valence-corrected chi connectivity index (χ0v) is 15.2. The smallest absolute Gasteiger partial charge is 0.123 e. The van der Waals surface area contributed by atoms with Gasteiger partial charge in [-0.2, -0.15) is 0 Å². The Balaban J connectivity index is 1.42. The molecule has 3 heterocycles. The lowest BCUT2D eigenvalue weighted by molar-refractivity contribution is -0.0326. The summed E-state index contributed by atoms with van der Waals surface area (Å²) in [6.07, 6.45) is 5.68. The van der Waals surface area contributed by atoms with Gasteiger partial charge in [-0.1, -0.05) is 23.7 Å². The Bertz CT molecular complexity index is 822. The fourth-order valence-corrected chi connectivity index (χ4v) is 4.04. The van der Waals surface area contributed by atoms with E-state index in [0.717, 1.165) is 41.8 Å². The second kappa shape index (κ2) is 7.62. The van der Waals surface area contributed by atoms with Gasteiger partial charge in [0.15, 0.2) is 0 Å². The molecule has 0 radical (unpaired) electrons. The zero-order chi connectivity index (χ0) is 17.1. The van der Waals surface area contributed by atoms with E-state index in [1.54, 1.807) is 23.7 Å². The predicted octanol–water partition coefficient (Wildman–Crippen LogP) is 4.43. The van der Waals surface area contributed by atoms with Crippen LogP contribution in [0.3, 0.4) is 0 Å². The minimum atomic E-state index is 0.0959.